The quantitative estimate of drug-likeness (QED) is 0.429. The fraction of sp³-hybridized carbons (Fsp3) is 0.571. The van der Waals surface area contributed by atoms with Crippen LogP contribution in [0, 0.1) is 17.1 Å². The Labute approximate surface area is 214 Å². The zero-order valence-corrected chi connectivity index (χ0v) is 21.6. The van der Waals surface area contributed by atoms with Gasteiger partial charge >= 0.3 is 0 Å². The number of halogens is 2. The summed E-state index contributed by atoms with van der Waals surface area (Å²) in [6.07, 6.45) is 7.54. The number of nitriles is 1. The molecule has 0 spiro atoms. The number of aryl methyl sites for hydroxylation is 1. The molecule has 0 bridgehead atoms. The summed E-state index contributed by atoms with van der Waals surface area (Å²) in [5.74, 6) is -0.553. The number of likely N-dealkylation sites (tertiary alicyclic amines) is 1. The molecular formula is C28H38BF2N5. The van der Waals surface area contributed by atoms with Gasteiger partial charge in [-0.05, 0) is 49.6 Å². The zero-order chi connectivity index (χ0) is 25.9. The molecular weight excluding hydrogens is 455 g/mol. The molecule has 3 heterocycles. The fourth-order valence-electron chi connectivity index (χ4n) is 6.04. The minimum Gasteiger partial charge on any atom is -0.366 e. The van der Waals surface area contributed by atoms with E-state index in [1.165, 1.54) is 0 Å². The normalized spacial score (nSPS) is 21.8. The Balaban J connectivity index is 1.43. The lowest BCUT2D eigenvalue weighted by Gasteiger charge is -2.40. The van der Waals surface area contributed by atoms with Gasteiger partial charge in [-0.2, -0.15) is 5.10 Å². The van der Waals surface area contributed by atoms with E-state index >= 15 is 8.78 Å². The number of fused-ring (bicyclic) bond motifs is 1. The number of nitrogens with one attached hydrogen (secondary N) is 1. The van der Waals surface area contributed by atoms with Gasteiger partial charge in [-0.15, -0.1) is 0 Å². The maximum Gasteiger partial charge on any atom is 0.267 e. The van der Waals surface area contributed by atoms with Gasteiger partial charge in [0.2, 0.25) is 0 Å². The van der Waals surface area contributed by atoms with Gasteiger partial charge in [0.1, 0.15) is 0 Å². The molecule has 4 rings (SSSR count). The molecule has 0 amide bonds. The van der Waals surface area contributed by atoms with Gasteiger partial charge in [-0.3, -0.25) is 9.58 Å². The van der Waals surface area contributed by atoms with Crippen LogP contribution in [0.3, 0.4) is 0 Å². The van der Waals surface area contributed by atoms with Crippen molar-refractivity contribution in [2.24, 2.45) is 13.0 Å². The summed E-state index contributed by atoms with van der Waals surface area (Å²) in [5, 5.41) is 17.9. The van der Waals surface area contributed by atoms with E-state index in [9.17, 15) is 0 Å². The van der Waals surface area contributed by atoms with Crippen molar-refractivity contribution in [2.75, 3.05) is 19.6 Å². The molecule has 5 nitrogen and oxygen atoms in total. The molecule has 1 aromatic carbocycles. The van der Waals surface area contributed by atoms with Gasteiger partial charge in [-0.25, -0.2) is 14.0 Å². The zero-order valence-electron chi connectivity index (χ0n) is 21.6. The summed E-state index contributed by atoms with van der Waals surface area (Å²) >= 11 is 0. The third-order valence-electron chi connectivity index (χ3n) is 8.18. The van der Waals surface area contributed by atoms with Gasteiger partial charge in [0.05, 0.1) is 23.7 Å². The highest BCUT2D eigenvalue weighted by Crippen LogP contribution is 2.42. The molecule has 1 N–H and O–H groups in total. The molecule has 2 aromatic rings. The van der Waals surface area contributed by atoms with Gasteiger partial charge in [0, 0.05) is 36.6 Å². The summed E-state index contributed by atoms with van der Waals surface area (Å²) in [7, 11) is 1.89. The summed E-state index contributed by atoms with van der Waals surface area (Å²) < 4.78 is 32.7. The van der Waals surface area contributed by atoms with Crippen LogP contribution in [0.2, 0.25) is 12.6 Å². The second-order valence-corrected chi connectivity index (χ2v) is 10.9. The van der Waals surface area contributed by atoms with Gasteiger partial charge in [0.25, 0.3) is 12.6 Å². The first-order chi connectivity index (χ1) is 17.2. The van der Waals surface area contributed by atoms with Crippen LogP contribution in [-0.4, -0.2) is 46.9 Å². The molecule has 2 saturated heterocycles. The standard InChI is InChI=1S/C28H38BF2N5/c1-5-33-21(3)7-6-20(2)27-24-9-8-23(16-26(24)35(4)34-27)25-12-15-36(18-28(25,30)31)17-22-10-13-29(19-32)14-11-22/h5,8-9,16,20,22,25,33H,1,3,6-7,10-15,17-18H2,2,4H3. The molecule has 2 aliphatic rings. The van der Waals surface area contributed by atoms with E-state index in [-0.39, 0.29) is 19.2 Å². The monoisotopic (exact) mass is 493 g/mol. The number of rotatable bonds is 9. The Morgan fingerprint density at radius 3 is 2.78 bits per heavy atom. The highest BCUT2D eigenvalue weighted by atomic mass is 19.3. The lowest BCUT2D eigenvalue weighted by molar-refractivity contribution is -0.0857. The molecule has 36 heavy (non-hydrogen) atoms. The average molecular weight is 493 g/mol. The minimum atomic E-state index is -2.77. The Morgan fingerprint density at radius 1 is 1.36 bits per heavy atom. The summed E-state index contributed by atoms with van der Waals surface area (Å²) in [4.78, 5) is 1.95. The first-order valence-electron chi connectivity index (χ1n) is 13.2. The number of hydrogen-bond donors (Lipinski definition) is 1. The van der Waals surface area contributed by atoms with Gasteiger partial charge < -0.3 is 5.32 Å². The maximum atomic E-state index is 15.4. The largest absolute Gasteiger partial charge is 0.366 e. The van der Waals surface area contributed by atoms with Crippen LogP contribution < -0.4 is 5.32 Å². The molecule has 2 atom stereocenters. The van der Waals surface area contributed by atoms with E-state index < -0.39 is 11.8 Å². The molecule has 1 aromatic heterocycles. The second kappa shape index (κ2) is 11.2. The first kappa shape index (κ1) is 26.4. The number of piperidine rings is 1. The van der Waals surface area contributed by atoms with E-state index in [2.05, 4.69) is 31.4 Å². The lowest BCUT2D eigenvalue weighted by Crippen LogP contribution is -2.49. The van der Waals surface area contributed by atoms with Gasteiger partial charge in [-0.1, -0.05) is 57.7 Å². The maximum absolute atomic E-state index is 15.4. The predicted octanol–water partition coefficient (Wildman–Crippen LogP) is 6.10. The number of alkyl halides is 2. The van der Waals surface area contributed by atoms with Crippen LogP contribution in [0.15, 0.2) is 43.3 Å². The number of allylic oxidation sites excluding steroid dienone is 1. The Morgan fingerprint density at radius 2 is 2.11 bits per heavy atom. The molecule has 2 aliphatic heterocycles. The summed E-state index contributed by atoms with van der Waals surface area (Å²) in [6, 6.07) is 5.79. The van der Waals surface area contributed by atoms with E-state index in [0.29, 0.717) is 24.4 Å². The molecule has 0 saturated carbocycles. The average Bonchev–Trinajstić information content (AvgIpc) is 3.18. The number of benzene rings is 1. The SMILES string of the molecule is C=CNC(=C)CCC(C)c1nn(C)c2cc(C3CCN(CC4CCB(C#N)CC4)CC3(F)F)ccc12. The Hall–Kier alpha value is -2.66. The predicted molar refractivity (Wildman–Crippen MR) is 143 cm³/mol. The van der Waals surface area contributed by atoms with Crippen molar-refractivity contribution in [3.8, 4) is 5.97 Å². The third-order valence-corrected chi connectivity index (χ3v) is 8.18. The van der Waals surface area contributed by atoms with Crippen molar-refractivity contribution in [1.82, 2.24) is 20.0 Å². The van der Waals surface area contributed by atoms with Crippen LogP contribution in [0.5, 0.6) is 0 Å². The molecule has 8 heteroatoms. The van der Waals surface area contributed by atoms with E-state index in [1.54, 1.807) is 6.20 Å². The lowest BCUT2D eigenvalue weighted by atomic mass is 9.42. The third kappa shape index (κ3) is 5.83. The van der Waals surface area contributed by atoms with Crippen molar-refractivity contribution in [2.45, 2.75) is 69.4 Å². The second-order valence-electron chi connectivity index (χ2n) is 10.9. The minimum absolute atomic E-state index is 0.146. The highest BCUT2D eigenvalue weighted by molar-refractivity contribution is 6.67. The van der Waals surface area contributed by atoms with Gasteiger partial charge in [0.15, 0.2) is 0 Å². The summed E-state index contributed by atoms with van der Waals surface area (Å²) in [6.45, 7) is 11.2. The molecule has 192 valence electrons. The highest BCUT2D eigenvalue weighted by Gasteiger charge is 2.45. The first-order valence-corrected chi connectivity index (χ1v) is 13.2. The van der Waals surface area contributed by atoms with Crippen molar-refractivity contribution in [3.05, 3.63) is 54.5 Å². The van der Waals surface area contributed by atoms with Crippen LogP contribution in [-0.2, 0) is 7.05 Å². The number of hydrogen-bond acceptors (Lipinski definition) is 4. The molecule has 2 unspecified atom stereocenters. The molecule has 0 aliphatic carbocycles. The van der Waals surface area contributed by atoms with Crippen molar-refractivity contribution >= 4 is 17.6 Å². The van der Waals surface area contributed by atoms with E-state index in [4.69, 9.17) is 10.4 Å². The van der Waals surface area contributed by atoms with Crippen molar-refractivity contribution < 1.29 is 8.78 Å². The number of aromatic nitrogens is 2. The summed E-state index contributed by atoms with van der Waals surface area (Å²) in [5.41, 5.74) is 3.53. The van der Waals surface area contributed by atoms with Crippen LogP contribution in [0.1, 0.15) is 62.1 Å². The van der Waals surface area contributed by atoms with Crippen LogP contribution in [0.4, 0.5) is 8.78 Å². The van der Waals surface area contributed by atoms with Crippen molar-refractivity contribution in [1.29, 1.82) is 5.26 Å². The smallest absolute Gasteiger partial charge is 0.267 e. The van der Waals surface area contributed by atoms with E-state index in [0.717, 1.165) is 67.2 Å². The number of nitrogens with zero attached hydrogens (tertiary/aromatic N) is 4. The van der Waals surface area contributed by atoms with E-state index in [1.807, 2.05) is 34.8 Å². The fourth-order valence-corrected chi connectivity index (χ4v) is 6.04. The van der Waals surface area contributed by atoms with Crippen LogP contribution in [0.25, 0.3) is 10.9 Å². The van der Waals surface area contributed by atoms with Crippen LogP contribution >= 0.6 is 0 Å². The topological polar surface area (TPSA) is 56.9 Å². The Bertz CT molecular complexity index is 1130. The molecule has 2 fully saturated rings. The molecule has 0 radical (unpaired) electrons. The Kier molecular flexibility index (Phi) is 8.19. The van der Waals surface area contributed by atoms with Crippen molar-refractivity contribution in [3.63, 3.8) is 0 Å².